The Morgan fingerprint density at radius 3 is 2.42 bits per heavy atom. The summed E-state index contributed by atoms with van der Waals surface area (Å²) < 4.78 is 31.6. The number of nitrogens with one attached hydrogen (secondary N) is 1. The molecule has 36 heavy (non-hydrogen) atoms. The highest BCUT2D eigenvalue weighted by atomic mass is 35.5. The van der Waals surface area contributed by atoms with Crippen molar-refractivity contribution in [3.8, 4) is 5.75 Å². The molecule has 0 aliphatic heterocycles. The summed E-state index contributed by atoms with van der Waals surface area (Å²) in [6.07, 6.45) is 2.21. The third-order valence-electron chi connectivity index (χ3n) is 5.92. The predicted molar refractivity (Wildman–Crippen MR) is 144 cm³/mol. The number of anilines is 1. The van der Waals surface area contributed by atoms with E-state index in [1.54, 1.807) is 49.4 Å². The fourth-order valence-electron chi connectivity index (χ4n) is 3.70. The van der Waals surface area contributed by atoms with Gasteiger partial charge in [-0.25, -0.2) is 8.42 Å². The van der Waals surface area contributed by atoms with Crippen molar-refractivity contribution in [1.29, 1.82) is 0 Å². The Hall–Kier alpha value is -2.78. The number of sulfonamides is 1. The van der Waals surface area contributed by atoms with Crippen LogP contribution in [-0.4, -0.2) is 57.1 Å². The molecule has 8 nitrogen and oxygen atoms in total. The van der Waals surface area contributed by atoms with Crippen LogP contribution in [0, 0.1) is 0 Å². The molecule has 2 amide bonds. The molecule has 2 rings (SSSR count). The first-order chi connectivity index (χ1) is 17.0. The van der Waals surface area contributed by atoms with Crippen molar-refractivity contribution in [3.63, 3.8) is 0 Å². The lowest BCUT2D eigenvalue weighted by atomic mass is 10.1. The van der Waals surface area contributed by atoms with Crippen LogP contribution in [0.5, 0.6) is 5.75 Å². The monoisotopic (exact) mass is 537 g/mol. The van der Waals surface area contributed by atoms with Gasteiger partial charge in [-0.15, -0.1) is 0 Å². The number of rotatable bonds is 13. The molecule has 0 aromatic heterocycles. The van der Waals surface area contributed by atoms with Crippen molar-refractivity contribution in [2.24, 2.45) is 0 Å². The normalized spacial score (nSPS) is 12.9. The smallest absolute Gasteiger partial charge is 0.242 e. The van der Waals surface area contributed by atoms with Crippen LogP contribution in [0.1, 0.15) is 45.6 Å². The van der Waals surface area contributed by atoms with Crippen LogP contribution in [-0.2, 0) is 26.2 Å². The van der Waals surface area contributed by atoms with Gasteiger partial charge in [-0.1, -0.05) is 42.8 Å². The molecule has 2 atom stereocenters. The minimum Gasteiger partial charge on any atom is -0.495 e. The molecule has 1 N–H and O–H groups in total. The Balaban J connectivity index is 2.20. The van der Waals surface area contributed by atoms with Gasteiger partial charge >= 0.3 is 0 Å². The number of benzene rings is 2. The summed E-state index contributed by atoms with van der Waals surface area (Å²) in [5, 5.41) is 3.47. The Bertz CT molecular complexity index is 1140. The topological polar surface area (TPSA) is 96.0 Å². The van der Waals surface area contributed by atoms with Crippen molar-refractivity contribution < 1.29 is 22.7 Å². The van der Waals surface area contributed by atoms with Crippen LogP contribution in [0.3, 0.4) is 0 Å². The zero-order chi connectivity index (χ0) is 26.9. The molecule has 0 fully saturated rings. The van der Waals surface area contributed by atoms with E-state index in [-0.39, 0.29) is 43.8 Å². The highest BCUT2D eigenvalue weighted by Gasteiger charge is 2.27. The summed E-state index contributed by atoms with van der Waals surface area (Å²) in [5.74, 6) is -0.0751. The average molecular weight is 538 g/mol. The maximum atomic E-state index is 13.3. The zero-order valence-corrected chi connectivity index (χ0v) is 23.1. The van der Waals surface area contributed by atoms with Gasteiger partial charge in [0.2, 0.25) is 21.8 Å². The standard InChI is InChI=1S/C26H36ClN3O5S/c1-6-19(2)28-26(32)20(3)29(18-21-11-9-12-22(27)17-21)25(31)15-10-16-30(36(5,33)34)23-13-7-8-14-24(23)35-4/h7-9,11-14,17,19-20H,6,10,15-16,18H2,1-5H3,(H,28,32)/t19-,20+/m1/s1. The van der Waals surface area contributed by atoms with Gasteiger partial charge in [0.1, 0.15) is 11.8 Å². The van der Waals surface area contributed by atoms with Crippen molar-refractivity contribution in [2.75, 3.05) is 24.2 Å². The predicted octanol–water partition coefficient (Wildman–Crippen LogP) is 4.23. The number of carbonyl (C=O) groups is 2. The molecule has 0 spiro atoms. The first kappa shape index (κ1) is 29.5. The van der Waals surface area contributed by atoms with Crippen LogP contribution < -0.4 is 14.4 Å². The molecule has 10 heteroatoms. The van der Waals surface area contributed by atoms with Crippen LogP contribution in [0.25, 0.3) is 0 Å². The van der Waals surface area contributed by atoms with E-state index in [9.17, 15) is 18.0 Å². The third-order valence-corrected chi connectivity index (χ3v) is 7.33. The molecule has 0 radical (unpaired) electrons. The molecule has 0 saturated heterocycles. The molecule has 198 valence electrons. The minimum absolute atomic E-state index is 0.0211. The number of methoxy groups -OCH3 is 1. The molecular formula is C26H36ClN3O5S. The Morgan fingerprint density at radius 2 is 1.81 bits per heavy atom. The Kier molecular flexibility index (Phi) is 11.0. The van der Waals surface area contributed by atoms with Gasteiger partial charge in [-0.2, -0.15) is 0 Å². The second-order valence-electron chi connectivity index (χ2n) is 8.76. The second kappa shape index (κ2) is 13.5. The molecule has 0 unspecified atom stereocenters. The number of carbonyl (C=O) groups excluding carboxylic acids is 2. The Labute approximate surface area is 219 Å². The van der Waals surface area contributed by atoms with Gasteiger partial charge in [0.15, 0.2) is 0 Å². The summed E-state index contributed by atoms with van der Waals surface area (Å²) in [6, 6.07) is 13.2. The molecule has 2 aromatic rings. The number of ether oxygens (including phenoxy) is 1. The fraction of sp³-hybridized carbons (Fsp3) is 0.462. The summed E-state index contributed by atoms with van der Waals surface area (Å²) in [6.45, 7) is 5.86. The molecule has 0 heterocycles. The van der Waals surface area contributed by atoms with Gasteiger partial charge in [-0.05, 0) is 56.5 Å². The Morgan fingerprint density at radius 1 is 1.11 bits per heavy atom. The number of hydrogen-bond donors (Lipinski definition) is 1. The van der Waals surface area contributed by atoms with Crippen molar-refractivity contribution in [2.45, 2.75) is 58.7 Å². The number of halogens is 1. The molecule has 0 bridgehead atoms. The van der Waals surface area contributed by atoms with E-state index in [1.807, 2.05) is 19.9 Å². The molecular weight excluding hydrogens is 502 g/mol. The number of para-hydroxylation sites is 2. The van der Waals surface area contributed by atoms with E-state index < -0.39 is 16.1 Å². The van der Waals surface area contributed by atoms with Gasteiger partial charge < -0.3 is 15.0 Å². The van der Waals surface area contributed by atoms with Crippen LogP contribution in [0.4, 0.5) is 5.69 Å². The number of nitrogens with zero attached hydrogens (tertiary/aromatic N) is 2. The van der Waals surface area contributed by atoms with Gasteiger partial charge in [0.25, 0.3) is 0 Å². The largest absolute Gasteiger partial charge is 0.495 e. The van der Waals surface area contributed by atoms with Gasteiger partial charge in [-0.3, -0.25) is 13.9 Å². The van der Waals surface area contributed by atoms with Gasteiger partial charge in [0.05, 0.1) is 19.1 Å². The molecule has 0 aliphatic carbocycles. The molecule has 0 saturated carbocycles. The van der Waals surface area contributed by atoms with E-state index in [1.165, 1.54) is 16.3 Å². The summed E-state index contributed by atoms with van der Waals surface area (Å²) in [4.78, 5) is 27.7. The third kappa shape index (κ3) is 8.41. The van der Waals surface area contributed by atoms with Crippen LogP contribution >= 0.6 is 11.6 Å². The zero-order valence-electron chi connectivity index (χ0n) is 21.5. The van der Waals surface area contributed by atoms with E-state index in [4.69, 9.17) is 16.3 Å². The molecule has 0 aliphatic rings. The minimum atomic E-state index is -3.62. The maximum absolute atomic E-state index is 13.3. The summed E-state index contributed by atoms with van der Waals surface area (Å²) >= 11 is 6.13. The van der Waals surface area contributed by atoms with E-state index in [2.05, 4.69) is 5.32 Å². The van der Waals surface area contributed by atoms with E-state index in [0.717, 1.165) is 18.2 Å². The van der Waals surface area contributed by atoms with E-state index in [0.29, 0.717) is 16.5 Å². The first-order valence-corrected chi connectivity index (χ1v) is 14.2. The van der Waals surface area contributed by atoms with E-state index >= 15 is 0 Å². The van der Waals surface area contributed by atoms with Crippen molar-refractivity contribution >= 4 is 39.1 Å². The van der Waals surface area contributed by atoms with Crippen molar-refractivity contribution in [3.05, 3.63) is 59.1 Å². The molecule has 2 aromatic carbocycles. The summed E-state index contributed by atoms with van der Waals surface area (Å²) in [5.41, 5.74) is 1.21. The van der Waals surface area contributed by atoms with Crippen molar-refractivity contribution in [1.82, 2.24) is 10.2 Å². The summed E-state index contributed by atoms with van der Waals surface area (Å²) in [7, 11) is -2.14. The SMILES string of the molecule is CC[C@@H](C)NC(=O)[C@H](C)N(Cc1cccc(Cl)c1)C(=O)CCCN(c1ccccc1OC)S(C)(=O)=O. The lowest BCUT2D eigenvalue weighted by Gasteiger charge is -2.30. The highest BCUT2D eigenvalue weighted by Crippen LogP contribution is 2.29. The lowest BCUT2D eigenvalue weighted by Crippen LogP contribution is -2.49. The second-order valence-corrected chi connectivity index (χ2v) is 11.1. The number of hydrogen-bond acceptors (Lipinski definition) is 5. The quantitative estimate of drug-likeness (QED) is 0.412. The van der Waals surface area contributed by atoms with Gasteiger partial charge in [0, 0.05) is 30.6 Å². The number of amides is 2. The lowest BCUT2D eigenvalue weighted by molar-refractivity contribution is -0.140. The maximum Gasteiger partial charge on any atom is 0.242 e. The average Bonchev–Trinajstić information content (AvgIpc) is 2.83. The first-order valence-electron chi connectivity index (χ1n) is 11.9. The van der Waals surface area contributed by atoms with Crippen LogP contribution in [0.2, 0.25) is 5.02 Å². The highest BCUT2D eigenvalue weighted by molar-refractivity contribution is 7.92. The fourth-order valence-corrected chi connectivity index (χ4v) is 4.88. The van der Waals surface area contributed by atoms with Crippen LogP contribution in [0.15, 0.2) is 48.5 Å².